The molecule has 3 nitrogen and oxygen atoms in total. The lowest BCUT2D eigenvalue weighted by molar-refractivity contribution is 0.0744. The van der Waals surface area contributed by atoms with Crippen LogP contribution in [0.25, 0.3) is 0 Å². The normalized spacial score (nSPS) is 12.2. The number of hydrogen-bond acceptors (Lipinski definition) is 3. The Morgan fingerprint density at radius 2 is 2.28 bits per heavy atom. The number of thiophene rings is 1. The lowest BCUT2D eigenvalue weighted by atomic mass is 10.2. The minimum absolute atomic E-state index is 0.000926. The predicted molar refractivity (Wildman–Crippen MR) is 76.8 cm³/mol. The van der Waals surface area contributed by atoms with Crippen LogP contribution in [0.1, 0.15) is 28.2 Å². The molecule has 1 amide bonds. The van der Waals surface area contributed by atoms with Crippen LogP contribution < -0.4 is 0 Å². The van der Waals surface area contributed by atoms with Gasteiger partial charge in [0.25, 0.3) is 5.91 Å². The van der Waals surface area contributed by atoms with E-state index in [0.717, 1.165) is 0 Å². The van der Waals surface area contributed by atoms with E-state index in [2.05, 4.69) is 20.9 Å². The van der Waals surface area contributed by atoms with E-state index in [4.69, 9.17) is 0 Å². The average Bonchev–Trinajstić information content (AvgIpc) is 2.90. The maximum Gasteiger partial charge on any atom is 0.254 e. The van der Waals surface area contributed by atoms with Crippen molar-refractivity contribution in [2.24, 2.45) is 0 Å². The number of carbonyl (C=O) groups is 1. The lowest BCUT2D eigenvalue weighted by Gasteiger charge is -2.24. The Kier molecular flexibility index (Phi) is 4.14. The van der Waals surface area contributed by atoms with E-state index >= 15 is 0 Å². The number of aromatic nitrogens is 1. The molecule has 0 saturated carbocycles. The quantitative estimate of drug-likeness (QED) is 0.806. The third kappa shape index (κ3) is 2.79. The zero-order valence-electron chi connectivity index (χ0n) is 10.1. The second kappa shape index (κ2) is 5.63. The molecule has 2 rings (SSSR count). The molecular weight excluding hydrogens is 312 g/mol. The second-order valence-corrected chi connectivity index (χ2v) is 5.77. The lowest BCUT2D eigenvalue weighted by Crippen LogP contribution is -2.29. The summed E-state index contributed by atoms with van der Waals surface area (Å²) in [4.78, 5) is 19.3. The molecule has 0 aliphatic rings. The van der Waals surface area contributed by atoms with E-state index in [-0.39, 0.29) is 11.9 Å². The average molecular weight is 325 g/mol. The van der Waals surface area contributed by atoms with E-state index in [0.29, 0.717) is 10.2 Å². The van der Waals surface area contributed by atoms with Gasteiger partial charge in [0.05, 0.1) is 6.04 Å². The molecule has 1 atom stereocenters. The summed E-state index contributed by atoms with van der Waals surface area (Å²) in [5, 5.41) is 2.02. The van der Waals surface area contributed by atoms with E-state index in [9.17, 15) is 4.79 Å². The number of pyridine rings is 1. The molecule has 5 heteroatoms. The summed E-state index contributed by atoms with van der Waals surface area (Å²) in [6.45, 7) is 2.03. The van der Waals surface area contributed by atoms with Crippen molar-refractivity contribution in [3.05, 3.63) is 50.9 Å². The van der Waals surface area contributed by atoms with Gasteiger partial charge < -0.3 is 4.90 Å². The van der Waals surface area contributed by atoms with Crippen LogP contribution in [0.4, 0.5) is 0 Å². The summed E-state index contributed by atoms with van der Waals surface area (Å²) >= 11 is 4.94. The molecule has 0 fully saturated rings. The number of carbonyl (C=O) groups excluding carboxylic acids is 1. The van der Waals surface area contributed by atoms with Gasteiger partial charge in [-0.05, 0) is 46.4 Å². The molecule has 0 spiro atoms. The number of hydrogen-bond donors (Lipinski definition) is 0. The third-order valence-corrected chi connectivity index (χ3v) is 4.31. The molecule has 0 aliphatic carbocycles. The Morgan fingerprint density at radius 1 is 1.50 bits per heavy atom. The third-order valence-electron chi connectivity index (χ3n) is 2.83. The predicted octanol–water partition coefficient (Wildman–Crippen LogP) is 3.74. The van der Waals surface area contributed by atoms with Gasteiger partial charge in [0.15, 0.2) is 0 Å². The van der Waals surface area contributed by atoms with E-state index in [1.165, 1.54) is 4.88 Å². The highest BCUT2D eigenvalue weighted by atomic mass is 79.9. The van der Waals surface area contributed by atoms with Gasteiger partial charge in [-0.1, -0.05) is 6.07 Å². The van der Waals surface area contributed by atoms with E-state index in [1.54, 1.807) is 34.6 Å². The smallest absolute Gasteiger partial charge is 0.254 e. The molecule has 0 aromatic carbocycles. The molecule has 0 aliphatic heterocycles. The summed E-state index contributed by atoms with van der Waals surface area (Å²) in [7, 11) is 1.82. The SMILES string of the molecule is CC(c1cccs1)N(C)C(=O)c1ccnc(Br)c1. The molecule has 0 N–H and O–H groups in total. The van der Waals surface area contributed by atoms with Gasteiger partial charge in [0, 0.05) is 23.7 Å². The minimum Gasteiger partial charge on any atom is -0.334 e. The first-order valence-corrected chi connectivity index (χ1v) is 7.19. The highest BCUT2D eigenvalue weighted by Gasteiger charge is 2.19. The van der Waals surface area contributed by atoms with Crippen LogP contribution in [0.15, 0.2) is 40.4 Å². The zero-order valence-corrected chi connectivity index (χ0v) is 12.5. The molecule has 0 bridgehead atoms. The highest BCUT2D eigenvalue weighted by Crippen LogP contribution is 2.24. The fourth-order valence-corrected chi connectivity index (χ4v) is 2.83. The molecule has 2 aromatic heterocycles. The van der Waals surface area contributed by atoms with Crippen molar-refractivity contribution in [2.45, 2.75) is 13.0 Å². The molecule has 1 unspecified atom stereocenters. The van der Waals surface area contributed by atoms with E-state index in [1.807, 2.05) is 31.5 Å². The van der Waals surface area contributed by atoms with Crippen molar-refractivity contribution in [2.75, 3.05) is 7.05 Å². The highest BCUT2D eigenvalue weighted by molar-refractivity contribution is 9.10. The van der Waals surface area contributed by atoms with Crippen LogP contribution in [0, 0.1) is 0 Å². The molecule has 18 heavy (non-hydrogen) atoms. The van der Waals surface area contributed by atoms with Crippen LogP contribution in [-0.4, -0.2) is 22.8 Å². The fourth-order valence-electron chi connectivity index (χ4n) is 1.63. The minimum atomic E-state index is -0.000926. The molecular formula is C13H13BrN2OS. The zero-order chi connectivity index (χ0) is 13.1. The summed E-state index contributed by atoms with van der Waals surface area (Å²) < 4.78 is 0.672. The summed E-state index contributed by atoms with van der Waals surface area (Å²) in [5.74, 6) is -0.000926. The molecule has 2 heterocycles. The topological polar surface area (TPSA) is 33.2 Å². The van der Waals surface area contributed by atoms with Crippen molar-refractivity contribution in [3.63, 3.8) is 0 Å². The first-order valence-electron chi connectivity index (χ1n) is 5.51. The summed E-state index contributed by atoms with van der Waals surface area (Å²) in [6, 6.07) is 7.58. The van der Waals surface area contributed by atoms with Crippen molar-refractivity contribution in [3.8, 4) is 0 Å². The van der Waals surface area contributed by atoms with Crippen molar-refractivity contribution in [1.29, 1.82) is 0 Å². The number of nitrogens with zero attached hydrogens (tertiary/aromatic N) is 2. The fraction of sp³-hybridized carbons (Fsp3) is 0.231. The van der Waals surface area contributed by atoms with Gasteiger partial charge in [-0.3, -0.25) is 4.79 Å². The van der Waals surface area contributed by atoms with Gasteiger partial charge in [-0.2, -0.15) is 0 Å². The van der Waals surface area contributed by atoms with Crippen LogP contribution in [-0.2, 0) is 0 Å². The Balaban J connectivity index is 2.19. The van der Waals surface area contributed by atoms with Crippen molar-refractivity contribution < 1.29 is 4.79 Å². The first-order chi connectivity index (χ1) is 8.59. The second-order valence-electron chi connectivity index (χ2n) is 3.97. The van der Waals surface area contributed by atoms with Gasteiger partial charge in [-0.25, -0.2) is 4.98 Å². The van der Waals surface area contributed by atoms with Gasteiger partial charge >= 0.3 is 0 Å². The molecule has 2 aromatic rings. The largest absolute Gasteiger partial charge is 0.334 e. The van der Waals surface area contributed by atoms with Crippen molar-refractivity contribution >= 4 is 33.2 Å². The van der Waals surface area contributed by atoms with Crippen LogP contribution in [0.3, 0.4) is 0 Å². The number of halogens is 1. The Labute approximate surface area is 119 Å². The van der Waals surface area contributed by atoms with Gasteiger partial charge in [-0.15, -0.1) is 11.3 Å². The van der Waals surface area contributed by atoms with Crippen LogP contribution in [0.2, 0.25) is 0 Å². The number of amides is 1. The Morgan fingerprint density at radius 3 is 2.89 bits per heavy atom. The van der Waals surface area contributed by atoms with Crippen LogP contribution >= 0.6 is 27.3 Å². The van der Waals surface area contributed by atoms with E-state index < -0.39 is 0 Å². The Bertz CT molecular complexity index is 542. The van der Waals surface area contributed by atoms with Gasteiger partial charge in [0.1, 0.15) is 4.60 Å². The number of rotatable bonds is 3. The Hall–Kier alpha value is -1.20. The first kappa shape index (κ1) is 13.2. The maximum atomic E-state index is 12.3. The van der Waals surface area contributed by atoms with Gasteiger partial charge in [0.2, 0.25) is 0 Å². The summed E-state index contributed by atoms with van der Waals surface area (Å²) in [6.07, 6.45) is 1.63. The van der Waals surface area contributed by atoms with Crippen LogP contribution in [0.5, 0.6) is 0 Å². The molecule has 0 saturated heterocycles. The summed E-state index contributed by atoms with van der Waals surface area (Å²) in [5.41, 5.74) is 0.641. The molecule has 94 valence electrons. The maximum absolute atomic E-state index is 12.3. The monoisotopic (exact) mass is 324 g/mol. The molecule has 0 radical (unpaired) electrons. The standard InChI is InChI=1S/C13H13BrN2OS/c1-9(11-4-3-7-18-11)16(2)13(17)10-5-6-15-12(14)8-10/h3-9H,1-2H3. The van der Waals surface area contributed by atoms with Crippen molar-refractivity contribution in [1.82, 2.24) is 9.88 Å².